The Bertz CT molecular complexity index is 1100. The maximum atomic E-state index is 13.7. The zero-order valence-electron chi connectivity index (χ0n) is 22.0. The normalized spacial score (nSPS) is 22.7. The van der Waals surface area contributed by atoms with E-state index in [4.69, 9.17) is 16.3 Å². The SMILES string of the molecule is CC(C)C(Nc1nc(CC(=O)N2CCOCC2)cs1)C(=O)N1CCC(O)(c2ccc(Cl)cc2)C(C)(C)C1. The van der Waals surface area contributed by atoms with Crippen LogP contribution in [-0.4, -0.2) is 77.1 Å². The molecule has 2 atom stereocenters. The van der Waals surface area contributed by atoms with E-state index >= 15 is 0 Å². The lowest BCUT2D eigenvalue weighted by molar-refractivity contribution is -0.154. The molecule has 2 aliphatic rings. The Labute approximate surface area is 228 Å². The summed E-state index contributed by atoms with van der Waals surface area (Å²) in [6.07, 6.45) is 0.672. The lowest BCUT2D eigenvalue weighted by atomic mass is 9.66. The van der Waals surface area contributed by atoms with Crippen molar-refractivity contribution in [3.8, 4) is 0 Å². The summed E-state index contributed by atoms with van der Waals surface area (Å²) in [5, 5.41) is 18.1. The molecule has 0 spiro atoms. The van der Waals surface area contributed by atoms with Gasteiger partial charge in [0.2, 0.25) is 11.8 Å². The number of carbonyl (C=O) groups excluding carboxylic acids is 2. The smallest absolute Gasteiger partial charge is 0.245 e. The minimum absolute atomic E-state index is 0.0117. The number of halogens is 1. The van der Waals surface area contributed by atoms with Crippen LogP contribution in [0.5, 0.6) is 0 Å². The number of morpholine rings is 1. The molecule has 2 unspecified atom stereocenters. The van der Waals surface area contributed by atoms with Crippen LogP contribution in [-0.2, 0) is 26.3 Å². The third-order valence-corrected chi connectivity index (χ3v) is 8.62. The molecule has 1 aromatic carbocycles. The maximum absolute atomic E-state index is 13.7. The predicted octanol–water partition coefficient (Wildman–Crippen LogP) is 3.78. The van der Waals surface area contributed by atoms with Crippen LogP contribution in [0.4, 0.5) is 5.13 Å². The quantitative estimate of drug-likeness (QED) is 0.547. The van der Waals surface area contributed by atoms with E-state index in [1.807, 2.05) is 50.1 Å². The lowest BCUT2D eigenvalue weighted by Gasteiger charge is -2.51. The highest BCUT2D eigenvalue weighted by Crippen LogP contribution is 2.46. The van der Waals surface area contributed by atoms with E-state index in [1.54, 1.807) is 17.0 Å². The van der Waals surface area contributed by atoms with E-state index < -0.39 is 17.1 Å². The topological polar surface area (TPSA) is 95.0 Å². The third kappa shape index (κ3) is 6.11. The Morgan fingerprint density at radius 1 is 1.16 bits per heavy atom. The van der Waals surface area contributed by atoms with Gasteiger partial charge < -0.3 is 25.0 Å². The van der Waals surface area contributed by atoms with Crippen molar-refractivity contribution < 1.29 is 19.4 Å². The standard InChI is InChI=1S/C27H37ClN4O4S/c1-18(2)23(30-25-29-21(16-37-25)15-22(33)31-11-13-36-14-12-31)24(34)32-10-9-27(35,26(3,4)17-32)19-5-7-20(28)8-6-19/h5-8,16,18,23,35H,9-15,17H2,1-4H3,(H,29,30). The van der Waals surface area contributed by atoms with Gasteiger partial charge in [-0.3, -0.25) is 9.59 Å². The molecule has 0 radical (unpaired) electrons. The number of nitrogens with one attached hydrogen (secondary N) is 1. The van der Waals surface area contributed by atoms with Crippen molar-refractivity contribution in [2.45, 2.75) is 52.2 Å². The van der Waals surface area contributed by atoms with Gasteiger partial charge in [0, 0.05) is 42.0 Å². The molecule has 0 aliphatic carbocycles. The van der Waals surface area contributed by atoms with Crippen LogP contribution in [0.3, 0.4) is 0 Å². The molecule has 2 fully saturated rings. The number of thiazole rings is 1. The highest BCUT2D eigenvalue weighted by molar-refractivity contribution is 7.13. The Balaban J connectivity index is 1.41. The van der Waals surface area contributed by atoms with Crippen LogP contribution in [0.25, 0.3) is 0 Å². The fraction of sp³-hybridized carbons (Fsp3) is 0.593. The van der Waals surface area contributed by atoms with Crippen molar-refractivity contribution in [3.63, 3.8) is 0 Å². The molecule has 0 saturated carbocycles. The monoisotopic (exact) mass is 548 g/mol. The summed E-state index contributed by atoms with van der Waals surface area (Å²) in [6, 6.07) is 6.84. The van der Waals surface area contributed by atoms with Gasteiger partial charge in [-0.2, -0.15) is 0 Å². The van der Waals surface area contributed by atoms with Gasteiger partial charge in [-0.25, -0.2) is 4.98 Å². The second-order valence-corrected chi connectivity index (χ2v) is 12.2. The Hall–Kier alpha value is -2.20. The number of hydrogen-bond donors (Lipinski definition) is 2. The van der Waals surface area contributed by atoms with Crippen molar-refractivity contribution in [2.75, 3.05) is 44.7 Å². The molecular formula is C27H37ClN4O4S. The number of ether oxygens (including phenoxy) is 1. The summed E-state index contributed by atoms with van der Waals surface area (Å²) in [5.41, 5.74) is -0.114. The average molecular weight is 549 g/mol. The first kappa shape index (κ1) is 27.8. The van der Waals surface area contributed by atoms with Crippen molar-refractivity contribution in [1.82, 2.24) is 14.8 Å². The Morgan fingerprint density at radius 3 is 2.46 bits per heavy atom. The van der Waals surface area contributed by atoms with Crippen LogP contribution < -0.4 is 5.32 Å². The minimum atomic E-state index is -1.06. The van der Waals surface area contributed by atoms with Crippen molar-refractivity contribution in [3.05, 3.63) is 45.9 Å². The number of piperidine rings is 1. The van der Waals surface area contributed by atoms with Gasteiger partial charge in [0.25, 0.3) is 0 Å². The number of aromatic nitrogens is 1. The molecule has 3 heterocycles. The van der Waals surface area contributed by atoms with E-state index in [1.165, 1.54) is 11.3 Å². The summed E-state index contributed by atoms with van der Waals surface area (Å²) in [6.45, 7) is 11.2. The first-order chi connectivity index (χ1) is 17.5. The van der Waals surface area contributed by atoms with Gasteiger partial charge in [-0.05, 0) is 30.0 Å². The number of anilines is 1. The number of carbonyl (C=O) groups is 2. The second-order valence-electron chi connectivity index (χ2n) is 10.9. The molecule has 0 bridgehead atoms. The first-order valence-corrected chi connectivity index (χ1v) is 14.1. The van der Waals surface area contributed by atoms with Gasteiger partial charge in [0.1, 0.15) is 6.04 Å². The highest BCUT2D eigenvalue weighted by atomic mass is 35.5. The number of hydrogen-bond acceptors (Lipinski definition) is 7. The number of benzene rings is 1. The number of amides is 2. The average Bonchev–Trinajstić information content (AvgIpc) is 3.31. The molecule has 202 valence electrons. The molecule has 2 saturated heterocycles. The second kappa shape index (κ2) is 11.3. The van der Waals surface area contributed by atoms with Crippen LogP contribution >= 0.6 is 22.9 Å². The summed E-state index contributed by atoms with van der Waals surface area (Å²) in [5.74, 6) is 0.0535. The zero-order chi connectivity index (χ0) is 26.8. The molecule has 4 rings (SSSR count). The zero-order valence-corrected chi connectivity index (χ0v) is 23.6. The van der Waals surface area contributed by atoms with Crippen LogP contribution in [0.1, 0.15) is 45.4 Å². The summed E-state index contributed by atoms with van der Waals surface area (Å²) < 4.78 is 5.32. The van der Waals surface area contributed by atoms with Crippen LogP contribution in [0.15, 0.2) is 29.6 Å². The fourth-order valence-corrected chi connectivity index (χ4v) is 6.02. The number of nitrogens with zero attached hydrogens (tertiary/aromatic N) is 3. The summed E-state index contributed by atoms with van der Waals surface area (Å²) in [7, 11) is 0. The summed E-state index contributed by atoms with van der Waals surface area (Å²) in [4.78, 5) is 34.5. The molecule has 1 aromatic heterocycles. The van der Waals surface area contributed by atoms with E-state index in [2.05, 4.69) is 10.3 Å². The Kier molecular flexibility index (Phi) is 8.48. The van der Waals surface area contributed by atoms with E-state index in [9.17, 15) is 14.7 Å². The van der Waals surface area contributed by atoms with Crippen LogP contribution in [0, 0.1) is 11.3 Å². The first-order valence-electron chi connectivity index (χ1n) is 12.8. The van der Waals surface area contributed by atoms with Crippen molar-refractivity contribution in [1.29, 1.82) is 0 Å². The molecule has 2 N–H and O–H groups in total. The van der Waals surface area contributed by atoms with Gasteiger partial charge in [0.05, 0.1) is 30.9 Å². The van der Waals surface area contributed by atoms with E-state index in [0.29, 0.717) is 61.7 Å². The van der Waals surface area contributed by atoms with Gasteiger partial charge in [-0.1, -0.05) is 51.4 Å². The molecule has 2 aliphatic heterocycles. The highest BCUT2D eigenvalue weighted by Gasteiger charge is 2.50. The number of likely N-dealkylation sites (tertiary alicyclic amines) is 1. The fourth-order valence-electron chi connectivity index (χ4n) is 5.15. The lowest BCUT2D eigenvalue weighted by Crippen LogP contribution is -2.59. The van der Waals surface area contributed by atoms with Crippen LogP contribution in [0.2, 0.25) is 5.02 Å². The third-order valence-electron chi connectivity index (χ3n) is 7.54. The molecule has 37 heavy (non-hydrogen) atoms. The van der Waals surface area contributed by atoms with Crippen molar-refractivity contribution >= 4 is 39.9 Å². The van der Waals surface area contributed by atoms with E-state index in [0.717, 1.165) is 5.56 Å². The van der Waals surface area contributed by atoms with Crippen molar-refractivity contribution in [2.24, 2.45) is 11.3 Å². The molecule has 8 nitrogen and oxygen atoms in total. The molecular weight excluding hydrogens is 512 g/mol. The molecule has 2 aromatic rings. The largest absolute Gasteiger partial charge is 0.384 e. The van der Waals surface area contributed by atoms with Gasteiger partial charge >= 0.3 is 0 Å². The minimum Gasteiger partial charge on any atom is -0.384 e. The molecule has 2 amide bonds. The summed E-state index contributed by atoms with van der Waals surface area (Å²) >= 11 is 7.46. The van der Waals surface area contributed by atoms with E-state index in [-0.39, 0.29) is 24.2 Å². The number of aliphatic hydroxyl groups is 1. The van der Waals surface area contributed by atoms with Gasteiger partial charge in [-0.15, -0.1) is 11.3 Å². The Morgan fingerprint density at radius 2 is 1.84 bits per heavy atom. The molecule has 10 heteroatoms. The maximum Gasteiger partial charge on any atom is 0.245 e. The number of rotatable bonds is 7. The van der Waals surface area contributed by atoms with Gasteiger partial charge in [0.15, 0.2) is 5.13 Å². The predicted molar refractivity (Wildman–Crippen MR) is 146 cm³/mol.